The van der Waals surface area contributed by atoms with Gasteiger partial charge < -0.3 is 34.2 Å². The highest BCUT2D eigenvalue weighted by molar-refractivity contribution is 6.34. The first-order valence-corrected chi connectivity index (χ1v) is 12.7. The summed E-state index contributed by atoms with van der Waals surface area (Å²) >= 11 is 6.72. The molecule has 5 fully saturated rings. The third-order valence-electron chi connectivity index (χ3n) is 7.68. The Morgan fingerprint density at radius 3 is 2.82 bits per heavy atom. The summed E-state index contributed by atoms with van der Waals surface area (Å²) in [7, 11) is 0. The molecule has 1 N–H and O–H groups in total. The van der Waals surface area contributed by atoms with Gasteiger partial charge >= 0.3 is 6.03 Å². The first-order valence-electron chi connectivity index (χ1n) is 12.3. The summed E-state index contributed by atoms with van der Waals surface area (Å²) in [5.74, 6) is 0.538. The monoisotopic (exact) mass is 490 g/mol. The van der Waals surface area contributed by atoms with Crippen LogP contribution in [0.2, 0.25) is 5.02 Å². The zero-order valence-corrected chi connectivity index (χ0v) is 20.0. The molecular formula is C24H31ClN4O5. The van der Waals surface area contributed by atoms with Crippen LogP contribution < -0.4 is 15.0 Å². The van der Waals surface area contributed by atoms with E-state index in [1.54, 1.807) is 9.80 Å². The zero-order valence-electron chi connectivity index (χ0n) is 19.2. The highest BCUT2D eigenvalue weighted by Crippen LogP contribution is 2.42. The molecule has 0 bridgehead atoms. The molecular weight excluding hydrogens is 460 g/mol. The van der Waals surface area contributed by atoms with E-state index in [0.29, 0.717) is 37.0 Å². The van der Waals surface area contributed by atoms with Crippen LogP contribution in [0, 0.1) is 0 Å². The number of halogens is 1. The lowest BCUT2D eigenvalue weighted by Gasteiger charge is -2.53. The summed E-state index contributed by atoms with van der Waals surface area (Å²) in [4.78, 5) is 30.4. The number of ether oxygens (including phenoxy) is 3. The van der Waals surface area contributed by atoms with Crippen LogP contribution in [-0.2, 0) is 14.3 Å². The van der Waals surface area contributed by atoms with E-state index in [1.807, 2.05) is 18.2 Å². The molecule has 10 heteroatoms. The van der Waals surface area contributed by atoms with Crippen molar-refractivity contribution in [3.05, 3.63) is 23.2 Å². The molecule has 0 saturated carbocycles. The highest BCUT2D eigenvalue weighted by atomic mass is 35.5. The van der Waals surface area contributed by atoms with Gasteiger partial charge in [-0.1, -0.05) is 17.7 Å². The van der Waals surface area contributed by atoms with Crippen LogP contribution in [0.1, 0.15) is 25.7 Å². The maximum atomic E-state index is 12.9. The average molecular weight is 491 g/mol. The molecule has 184 valence electrons. The fourth-order valence-electron chi connectivity index (χ4n) is 5.74. The number of carbonyl (C=O) groups is 2. The minimum absolute atomic E-state index is 0.00500. The minimum Gasteiger partial charge on any atom is -0.485 e. The molecule has 5 aliphatic rings. The second-order valence-corrected chi connectivity index (χ2v) is 10.5. The molecule has 1 aromatic rings. The van der Waals surface area contributed by atoms with Gasteiger partial charge in [0.25, 0.3) is 0 Å². The summed E-state index contributed by atoms with van der Waals surface area (Å²) < 4.78 is 17.8. The normalized spacial score (nSPS) is 28.6. The lowest BCUT2D eigenvalue weighted by molar-refractivity contribution is -0.139. The Morgan fingerprint density at radius 1 is 1.18 bits per heavy atom. The van der Waals surface area contributed by atoms with E-state index in [9.17, 15) is 9.59 Å². The molecule has 1 aromatic carbocycles. The molecule has 1 unspecified atom stereocenters. The molecule has 6 rings (SSSR count). The number of fused-ring (bicyclic) bond motifs is 1. The Balaban J connectivity index is 1.01. The third-order valence-corrected chi connectivity index (χ3v) is 8.06. The van der Waals surface area contributed by atoms with Crippen LogP contribution in [0.25, 0.3) is 0 Å². The molecule has 9 nitrogen and oxygen atoms in total. The number of hydrogen-bond acceptors (Lipinski definition) is 6. The van der Waals surface area contributed by atoms with Crippen LogP contribution in [0.4, 0.5) is 10.5 Å². The van der Waals surface area contributed by atoms with Gasteiger partial charge in [-0.3, -0.25) is 4.79 Å². The molecule has 0 radical (unpaired) electrons. The van der Waals surface area contributed by atoms with E-state index in [1.165, 1.54) is 6.42 Å². The Bertz CT molecular complexity index is 957. The van der Waals surface area contributed by atoms with Gasteiger partial charge in [0, 0.05) is 32.8 Å². The number of likely N-dealkylation sites (tertiary alicyclic amines) is 2. The third kappa shape index (κ3) is 4.07. The minimum atomic E-state index is -0.131. The topological polar surface area (TPSA) is 83.6 Å². The second kappa shape index (κ2) is 8.77. The van der Waals surface area contributed by atoms with Crippen molar-refractivity contribution < 1.29 is 23.8 Å². The van der Waals surface area contributed by atoms with E-state index in [2.05, 4.69) is 10.2 Å². The summed E-state index contributed by atoms with van der Waals surface area (Å²) in [6, 6.07) is 5.73. The Morgan fingerprint density at radius 2 is 2.03 bits per heavy atom. The molecule has 34 heavy (non-hydrogen) atoms. The lowest BCUT2D eigenvalue weighted by Crippen LogP contribution is -2.65. The quantitative estimate of drug-likeness (QED) is 0.696. The molecule has 3 amide bonds. The van der Waals surface area contributed by atoms with Crippen molar-refractivity contribution >= 4 is 29.2 Å². The fraction of sp³-hybridized carbons (Fsp3) is 0.667. The summed E-state index contributed by atoms with van der Waals surface area (Å²) in [5.41, 5.74) is 0.972. The zero-order chi connectivity index (χ0) is 23.3. The van der Waals surface area contributed by atoms with E-state index in [4.69, 9.17) is 25.8 Å². The maximum Gasteiger partial charge on any atom is 0.320 e. The van der Waals surface area contributed by atoms with E-state index < -0.39 is 0 Å². The summed E-state index contributed by atoms with van der Waals surface area (Å²) in [6.45, 7) is 4.84. The van der Waals surface area contributed by atoms with E-state index in [0.717, 1.165) is 44.6 Å². The van der Waals surface area contributed by atoms with Crippen LogP contribution in [0.3, 0.4) is 0 Å². The van der Waals surface area contributed by atoms with Crippen LogP contribution in [-0.4, -0.2) is 98.1 Å². The van der Waals surface area contributed by atoms with Crippen molar-refractivity contribution in [2.24, 2.45) is 0 Å². The molecule has 5 saturated heterocycles. The lowest BCUT2D eigenvalue weighted by atomic mass is 9.86. The van der Waals surface area contributed by atoms with Gasteiger partial charge in [0.15, 0.2) is 0 Å². The van der Waals surface area contributed by atoms with E-state index in [-0.39, 0.29) is 42.4 Å². The van der Waals surface area contributed by atoms with Gasteiger partial charge in [-0.15, -0.1) is 0 Å². The number of amides is 3. The number of morpholine rings is 1. The number of carbonyl (C=O) groups excluding carboxylic acids is 2. The van der Waals surface area contributed by atoms with E-state index >= 15 is 0 Å². The number of urea groups is 1. The highest BCUT2D eigenvalue weighted by Gasteiger charge is 2.46. The average Bonchev–Trinajstić information content (AvgIpc) is 2.80. The van der Waals surface area contributed by atoms with Gasteiger partial charge in [-0.25, -0.2) is 4.79 Å². The maximum absolute atomic E-state index is 12.9. The number of benzene rings is 1. The van der Waals surface area contributed by atoms with Crippen molar-refractivity contribution in [1.29, 1.82) is 0 Å². The summed E-state index contributed by atoms with van der Waals surface area (Å²) in [6.07, 6.45) is 4.13. The van der Waals surface area contributed by atoms with Crippen molar-refractivity contribution in [2.75, 3.05) is 57.4 Å². The number of piperidine rings is 1. The van der Waals surface area contributed by atoms with Gasteiger partial charge in [0.2, 0.25) is 5.91 Å². The number of nitrogens with zero attached hydrogens (tertiary/aromatic N) is 3. The largest absolute Gasteiger partial charge is 0.485 e. The Hall–Kier alpha value is -2.23. The van der Waals surface area contributed by atoms with Crippen LogP contribution in [0.15, 0.2) is 18.2 Å². The van der Waals surface area contributed by atoms with Crippen LogP contribution in [0.5, 0.6) is 5.75 Å². The van der Waals surface area contributed by atoms with Crippen molar-refractivity contribution in [2.45, 2.75) is 49.5 Å². The smallest absolute Gasteiger partial charge is 0.320 e. The van der Waals surface area contributed by atoms with Gasteiger partial charge in [-0.2, -0.15) is 0 Å². The molecule has 5 heterocycles. The van der Waals surface area contributed by atoms with Gasteiger partial charge in [0.1, 0.15) is 29.1 Å². The van der Waals surface area contributed by atoms with Crippen LogP contribution >= 0.6 is 11.6 Å². The Labute approximate surface area is 204 Å². The second-order valence-electron chi connectivity index (χ2n) is 10.1. The number of anilines is 1. The fourth-order valence-corrected chi connectivity index (χ4v) is 6.03. The molecule has 0 aliphatic carbocycles. The van der Waals surface area contributed by atoms with Crippen molar-refractivity contribution in [3.8, 4) is 5.75 Å². The van der Waals surface area contributed by atoms with Crippen molar-refractivity contribution in [3.63, 3.8) is 0 Å². The first kappa shape index (κ1) is 22.2. The van der Waals surface area contributed by atoms with Gasteiger partial charge in [0.05, 0.1) is 30.9 Å². The molecule has 0 aromatic heterocycles. The molecule has 5 aliphatic heterocycles. The number of hydrogen-bond donors (Lipinski definition) is 1. The van der Waals surface area contributed by atoms with Gasteiger partial charge in [-0.05, 0) is 37.8 Å². The molecule has 1 spiro atoms. The van der Waals surface area contributed by atoms with Crippen molar-refractivity contribution in [1.82, 2.24) is 15.1 Å². The molecule has 2 atom stereocenters. The predicted octanol–water partition coefficient (Wildman–Crippen LogP) is 1.87. The SMILES string of the molecule is O=C1COC2CCN(C(=O)N3CC(Oc4cccc(N5CC6(CCCCO6)C5)c4Cl)C3)C[C@H]2N1. The first-order chi connectivity index (χ1) is 16.5. The summed E-state index contributed by atoms with van der Waals surface area (Å²) in [5, 5.41) is 3.56. The number of rotatable bonds is 3. The standard InChI is InChI=1S/C24H31ClN4O5/c25-22-18(29-14-24(15-29)7-1-2-9-33-24)4-3-5-20(22)34-16-10-28(11-16)23(31)27-8-6-19-17(12-27)26-21(30)13-32-19/h3-5,16-17,19H,1-2,6-15H2,(H,26,30)/t17-,19?/m1/s1. The Kier molecular flexibility index (Phi) is 5.74. The number of nitrogens with one attached hydrogen (secondary N) is 1. The predicted molar refractivity (Wildman–Crippen MR) is 125 cm³/mol.